The van der Waals surface area contributed by atoms with Gasteiger partial charge in [0.2, 0.25) is 0 Å². The first-order valence-corrected chi connectivity index (χ1v) is 7.24. The van der Waals surface area contributed by atoms with Gasteiger partial charge in [-0.25, -0.2) is 4.98 Å². The molecule has 0 aliphatic carbocycles. The minimum Gasteiger partial charge on any atom is -0.314 e. The molecule has 0 amide bonds. The SMILES string of the molecule is CCc1ccc(-c2nc(CNC)c(Br)s2)cc1. The van der Waals surface area contributed by atoms with E-state index in [9.17, 15) is 0 Å². The van der Waals surface area contributed by atoms with Crippen molar-refractivity contribution in [1.29, 1.82) is 0 Å². The number of rotatable bonds is 4. The van der Waals surface area contributed by atoms with Crippen LogP contribution in [-0.2, 0) is 13.0 Å². The van der Waals surface area contributed by atoms with Crippen molar-refractivity contribution in [3.63, 3.8) is 0 Å². The lowest BCUT2D eigenvalue weighted by atomic mass is 10.1. The first kappa shape index (κ1) is 12.7. The Hall–Kier alpha value is -0.710. The van der Waals surface area contributed by atoms with Crippen molar-refractivity contribution in [3.05, 3.63) is 39.3 Å². The maximum absolute atomic E-state index is 4.63. The summed E-state index contributed by atoms with van der Waals surface area (Å²) in [6.45, 7) is 2.96. The van der Waals surface area contributed by atoms with Gasteiger partial charge in [-0.05, 0) is 35.0 Å². The van der Waals surface area contributed by atoms with Crippen molar-refractivity contribution in [3.8, 4) is 10.6 Å². The van der Waals surface area contributed by atoms with E-state index in [2.05, 4.69) is 57.4 Å². The van der Waals surface area contributed by atoms with Gasteiger partial charge in [-0.2, -0.15) is 0 Å². The summed E-state index contributed by atoms with van der Waals surface area (Å²) in [5, 5.41) is 4.20. The minimum atomic E-state index is 0.796. The molecule has 0 aliphatic rings. The highest BCUT2D eigenvalue weighted by Gasteiger charge is 2.09. The fraction of sp³-hybridized carbons (Fsp3) is 0.308. The van der Waals surface area contributed by atoms with E-state index in [0.717, 1.165) is 27.5 Å². The van der Waals surface area contributed by atoms with Gasteiger partial charge in [-0.1, -0.05) is 31.2 Å². The maximum Gasteiger partial charge on any atom is 0.124 e. The van der Waals surface area contributed by atoms with Gasteiger partial charge in [0.25, 0.3) is 0 Å². The summed E-state index contributed by atoms with van der Waals surface area (Å²) >= 11 is 5.25. The molecule has 0 bridgehead atoms. The van der Waals surface area contributed by atoms with E-state index < -0.39 is 0 Å². The van der Waals surface area contributed by atoms with Crippen LogP contribution in [0, 0.1) is 0 Å². The van der Waals surface area contributed by atoms with E-state index in [4.69, 9.17) is 0 Å². The van der Waals surface area contributed by atoms with Crippen LogP contribution in [0.4, 0.5) is 0 Å². The first-order chi connectivity index (χ1) is 8.24. The van der Waals surface area contributed by atoms with Gasteiger partial charge in [-0.3, -0.25) is 0 Å². The molecule has 90 valence electrons. The summed E-state index contributed by atoms with van der Waals surface area (Å²) in [5.41, 5.74) is 3.63. The molecule has 1 N–H and O–H groups in total. The second-order valence-electron chi connectivity index (χ2n) is 3.82. The van der Waals surface area contributed by atoms with Crippen LogP contribution in [0.25, 0.3) is 10.6 Å². The molecule has 0 saturated heterocycles. The Balaban J connectivity index is 2.29. The Morgan fingerprint density at radius 3 is 2.59 bits per heavy atom. The van der Waals surface area contributed by atoms with Crippen molar-refractivity contribution < 1.29 is 0 Å². The van der Waals surface area contributed by atoms with E-state index in [1.807, 2.05) is 7.05 Å². The van der Waals surface area contributed by atoms with Crippen molar-refractivity contribution in [2.75, 3.05) is 7.05 Å². The van der Waals surface area contributed by atoms with Gasteiger partial charge in [0.15, 0.2) is 0 Å². The van der Waals surface area contributed by atoms with Crippen LogP contribution >= 0.6 is 27.3 Å². The average Bonchev–Trinajstić information content (AvgIpc) is 2.72. The van der Waals surface area contributed by atoms with Crippen LogP contribution in [-0.4, -0.2) is 12.0 Å². The molecule has 2 aromatic rings. The molecule has 2 nitrogen and oxygen atoms in total. The number of thiazole rings is 1. The van der Waals surface area contributed by atoms with Gasteiger partial charge < -0.3 is 5.32 Å². The van der Waals surface area contributed by atoms with Gasteiger partial charge in [0.05, 0.1) is 9.48 Å². The van der Waals surface area contributed by atoms with Gasteiger partial charge >= 0.3 is 0 Å². The Kier molecular flexibility index (Phi) is 4.31. The molecule has 0 unspecified atom stereocenters. The summed E-state index contributed by atoms with van der Waals surface area (Å²) < 4.78 is 1.11. The summed E-state index contributed by atoms with van der Waals surface area (Å²) in [5.74, 6) is 0. The topological polar surface area (TPSA) is 24.9 Å². The molecule has 0 spiro atoms. The number of aromatic nitrogens is 1. The molecule has 0 atom stereocenters. The lowest BCUT2D eigenvalue weighted by Gasteiger charge is -1.98. The van der Waals surface area contributed by atoms with E-state index in [-0.39, 0.29) is 0 Å². The van der Waals surface area contributed by atoms with Crippen LogP contribution in [0.2, 0.25) is 0 Å². The molecular weight excluding hydrogens is 296 g/mol. The monoisotopic (exact) mass is 310 g/mol. The van der Waals surface area contributed by atoms with Crippen LogP contribution < -0.4 is 5.32 Å². The van der Waals surface area contributed by atoms with Crippen molar-refractivity contribution in [1.82, 2.24) is 10.3 Å². The zero-order valence-corrected chi connectivity index (χ0v) is 12.4. The smallest absolute Gasteiger partial charge is 0.124 e. The number of halogens is 1. The normalized spacial score (nSPS) is 10.8. The van der Waals surface area contributed by atoms with Gasteiger partial charge in [0.1, 0.15) is 5.01 Å². The largest absolute Gasteiger partial charge is 0.314 e. The summed E-state index contributed by atoms with van der Waals surface area (Å²) in [4.78, 5) is 4.63. The summed E-state index contributed by atoms with van der Waals surface area (Å²) in [6, 6.07) is 8.63. The van der Waals surface area contributed by atoms with Crippen LogP contribution in [0.15, 0.2) is 28.1 Å². The molecule has 0 aliphatic heterocycles. The third kappa shape index (κ3) is 2.94. The number of aryl methyl sites for hydroxylation is 1. The number of nitrogens with one attached hydrogen (secondary N) is 1. The van der Waals surface area contributed by atoms with Crippen molar-refractivity contribution in [2.24, 2.45) is 0 Å². The summed E-state index contributed by atoms with van der Waals surface area (Å²) in [7, 11) is 1.93. The predicted octanol–water partition coefficient (Wildman–Crippen LogP) is 3.85. The van der Waals surface area contributed by atoms with Crippen molar-refractivity contribution in [2.45, 2.75) is 19.9 Å². The highest BCUT2D eigenvalue weighted by Crippen LogP contribution is 2.32. The fourth-order valence-corrected chi connectivity index (χ4v) is 3.12. The fourth-order valence-electron chi connectivity index (χ4n) is 1.62. The third-order valence-electron chi connectivity index (χ3n) is 2.60. The maximum atomic E-state index is 4.63. The lowest BCUT2D eigenvalue weighted by Crippen LogP contribution is -2.05. The molecule has 1 aromatic carbocycles. The highest BCUT2D eigenvalue weighted by atomic mass is 79.9. The molecule has 2 rings (SSSR count). The lowest BCUT2D eigenvalue weighted by molar-refractivity contribution is 0.795. The second-order valence-corrected chi connectivity index (χ2v) is 6.14. The van der Waals surface area contributed by atoms with E-state index in [0.29, 0.717) is 0 Å². The number of hydrogen-bond donors (Lipinski definition) is 1. The van der Waals surface area contributed by atoms with E-state index in [1.54, 1.807) is 11.3 Å². The van der Waals surface area contributed by atoms with Gasteiger partial charge in [0, 0.05) is 12.1 Å². The molecule has 0 saturated carbocycles. The molecule has 0 radical (unpaired) electrons. The Morgan fingerprint density at radius 2 is 2.00 bits per heavy atom. The molecule has 0 fully saturated rings. The quantitative estimate of drug-likeness (QED) is 0.927. The highest BCUT2D eigenvalue weighted by molar-refractivity contribution is 9.11. The second kappa shape index (κ2) is 5.76. The number of benzene rings is 1. The summed E-state index contributed by atoms with van der Waals surface area (Å²) in [6.07, 6.45) is 1.08. The number of nitrogens with zero attached hydrogens (tertiary/aromatic N) is 1. The molecule has 1 aromatic heterocycles. The van der Waals surface area contributed by atoms with Crippen LogP contribution in [0.1, 0.15) is 18.2 Å². The van der Waals surface area contributed by atoms with Crippen molar-refractivity contribution >= 4 is 27.3 Å². The van der Waals surface area contributed by atoms with Crippen LogP contribution in [0.5, 0.6) is 0 Å². The third-order valence-corrected chi connectivity index (χ3v) is 4.48. The van der Waals surface area contributed by atoms with Crippen LogP contribution in [0.3, 0.4) is 0 Å². The number of hydrogen-bond acceptors (Lipinski definition) is 3. The molecule has 17 heavy (non-hydrogen) atoms. The Labute approximate surface area is 114 Å². The standard InChI is InChI=1S/C13H15BrN2S/c1-3-9-4-6-10(7-5-9)13-16-11(8-15-2)12(14)17-13/h4-7,15H,3,8H2,1-2H3. The zero-order chi connectivity index (χ0) is 12.3. The molecule has 1 heterocycles. The average molecular weight is 311 g/mol. The van der Waals surface area contributed by atoms with Gasteiger partial charge in [-0.15, -0.1) is 11.3 Å². The molecular formula is C13H15BrN2S. The zero-order valence-electron chi connectivity index (χ0n) is 9.96. The van der Waals surface area contributed by atoms with E-state index in [1.165, 1.54) is 11.1 Å². The molecule has 4 heteroatoms. The predicted molar refractivity (Wildman–Crippen MR) is 77.4 cm³/mol. The minimum absolute atomic E-state index is 0.796. The first-order valence-electron chi connectivity index (χ1n) is 5.63. The Bertz CT molecular complexity index is 491. The Morgan fingerprint density at radius 1 is 1.29 bits per heavy atom. The van der Waals surface area contributed by atoms with E-state index >= 15 is 0 Å².